The third-order valence-electron chi connectivity index (χ3n) is 2.45. The zero-order chi connectivity index (χ0) is 15.0. The van der Waals surface area contributed by atoms with E-state index in [-0.39, 0.29) is 11.9 Å². The van der Waals surface area contributed by atoms with Crippen LogP contribution in [-0.2, 0) is 11.3 Å². The van der Waals surface area contributed by atoms with Crippen LogP contribution in [0.25, 0.3) is 6.08 Å². The van der Waals surface area contributed by atoms with Gasteiger partial charge in [-0.25, -0.2) is 4.68 Å². The number of rotatable bonds is 8. The number of hydrogen-bond donors (Lipinski definition) is 1. The van der Waals surface area contributed by atoms with E-state index < -0.39 is 0 Å². The Morgan fingerprint density at radius 3 is 2.90 bits per heavy atom. The number of amides is 1. The van der Waals surface area contributed by atoms with E-state index in [9.17, 15) is 4.79 Å². The molecule has 1 atom stereocenters. The van der Waals surface area contributed by atoms with E-state index in [1.54, 1.807) is 16.4 Å². The molecule has 20 heavy (non-hydrogen) atoms. The fourth-order valence-corrected chi connectivity index (χ4v) is 2.54. The second-order valence-corrected chi connectivity index (χ2v) is 6.27. The van der Waals surface area contributed by atoms with Crippen LogP contribution in [0.3, 0.4) is 0 Å². The molecule has 0 unspecified atom stereocenters. The fraction of sp³-hybridized carbons (Fsp3) is 0.643. The van der Waals surface area contributed by atoms with Crippen molar-refractivity contribution in [3.63, 3.8) is 0 Å². The Bertz CT molecular complexity index is 442. The van der Waals surface area contributed by atoms with E-state index in [1.807, 2.05) is 32.2 Å². The van der Waals surface area contributed by atoms with E-state index >= 15 is 0 Å². The molecule has 1 aromatic rings. The van der Waals surface area contributed by atoms with Crippen molar-refractivity contribution in [2.45, 2.75) is 40.3 Å². The van der Waals surface area contributed by atoms with Crippen LogP contribution in [0.1, 0.15) is 33.4 Å². The Balaban J connectivity index is 2.31. The molecule has 1 amide bonds. The Kier molecular flexibility index (Phi) is 7.36. The van der Waals surface area contributed by atoms with Gasteiger partial charge in [0.25, 0.3) is 0 Å². The molecule has 0 spiro atoms. The molecule has 0 radical (unpaired) electrons. The van der Waals surface area contributed by atoms with Gasteiger partial charge < -0.3 is 5.32 Å². The Morgan fingerprint density at radius 2 is 2.25 bits per heavy atom. The standard InChI is InChI=1S/C14H24N4OS/c1-5-6-13-8-18(17-16-13)7-12(4)15-14(19)10-20-9-11(2)3/h5-6,8,11-12H,7,9-10H2,1-4H3,(H,15,19)/b6-5+/t12-/m1/s1. The molecular formula is C14H24N4OS. The molecule has 1 aromatic heterocycles. The summed E-state index contributed by atoms with van der Waals surface area (Å²) in [7, 11) is 0. The van der Waals surface area contributed by atoms with Crippen molar-refractivity contribution in [2.24, 2.45) is 5.92 Å². The minimum Gasteiger partial charge on any atom is -0.351 e. The van der Waals surface area contributed by atoms with Crippen LogP contribution in [0.5, 0.6) is 0 Å². The first kappa shape index (κ1) is 16.8. The number of allylic oxidation sites excluding steroid dienone is 1. The summed E-state index contributed by atoms with van der Waals surface area (Å²) >= 11 is 1.67. The molecule has 0 saturated carbocycles. The molecule has 0 aromatic carbocycles. The molecule has 0 saturated heterocycles. The Morgan fingerprint density at radius 1 is 1.50 bits per heavy atom. The van der Waals surface area contributed by atoms with Crippen LogP contribution < -0.4 is 5.32 Å². The second kappa shape index (κ2) is 8.79. The number of thioether (sulfide) groups is 1. The van der Waals surface area contributed by atoms with Crippen LogP contribution in [0.4, 0.5) is 0 Å². The van der Waals surface area contributed by atoms with Crippen molar-refractivity contribution in [1.82, 2.24) is 20.3 Å². The minimum atomic E-state index is 0.0438. The fourth-order valence-electron chi connectivity index (χ4n) is 1.68. The maximum atomic E-state index is 11.7. The quantitative estimate of drug-likeness (QED) is 0.799. The molecule has 0 aliphatic rings. The molecule has 0 bridgehead atoms. The van der Waals surface area contributed by atoms with Gasteiger partial charge in [0, 0.05) is 6.04 Å². The lowest BCUT2D eigenvalue weighted by Crippen LogP contribution is -2.37. The minimum absolute atomic E-state index is 0.0438. The highest BCUT2D eigenvalue weighted by Crippen LogP contribution is 2.06. The van der Waals surface area contributed by atoms with E-state index in [1.165, 1.54) is 0 Å². The first-order valence-corrected chi connectivity index (χ1v) is 8.06. The summed E-state index contributed by atoms with van der Waals surface area (Å²) in [5, 5.41) is 11.0. The van der Waals surface area contributed by atoms with Gasteiger partial charge in [0.2, 0.25) is 5.91 Å². The Labute approximate surface area is 125 Å². The van der Waals surface area contributed by atoms with Crippen molar-refractivity contribution < 1.29 is 4.79 Å². The molecule has 1 rings (SSSR count). The van der Waals surface area contributed by atoms with E-state index in [2.05, 4.69) is 29.5 Å². The summed E-state index contributed by atoms with van der Waals surface area (Å²) in [6, 6.07) is 0.0438. The van der Waals surface area contributed by atoms with Crippen LogP contribution in [0.15, 0.2) is 12.3 Å². The summed E-state index contributed by atoms with van der Waals surface area (Å²) in [4.78, 5) is 11.7. The van der Waals surface area contributed by atoms with E-state index in [0.29, 0.717) is 18.2 Å². The molecule has 1 heterocycles. The predicted octanol–water partition coefficient (Wildman–Crippen LogP) is 2.21. The number of carbonyl (C=O) groups is 1. The van der Waals surface area contributed by atoms with Gasteiger partial charge in [0.15, 0.2) is 0 Å². The Hall–Kier alpha value is -1.30. The third-order valence-corrected chi connectivity index (χ3v) is 3.82. The summed E-state index contributed by atoms with van der Waals surface area (Å²) in [5.74, 6) is 2.23. The van der Waals surface area contributed by atoms with Crippen molar-refractivity contribution in [2.75, 3.05) is 11.5 Å². The molecule has 0 fully saturated rings. The smallest absolute Gasteiger partial charge is 0.230 e. The van der Waals surface area contributed by atoms with Gasteiger partial charge >= 0.3 is 0 Å². The molecule has 1 N–H and O–H groups in total. The zero-order valence-corrected chi connectivity index (χ0v) is 13.5. The average molecular weight is 296 g/mol. The summed E-state index contributed by atoms with van der Waals surface area (Å²) < 4.78 is 1.75. The second-order valence-electron chi connectivity index (χ2n) is 5.24. The van der Waals surface area contributed by atoms with Gasteiger partial charge in [-0.3, -0.25) is 4.79 Å². The molecule has 0 aliphatic carbocycles. The van der Waals surface area contributed by atoms with Gasteiger partial charge in [-0.1, -0.05) is 25.1 Å². The lowest BCUT2D eigenvalue weighted by molar-refractivity contribution is -0.119. The molecule has 0 aliphatic heterocycles. The average Bonchev–Trinajstić information content (AvgIpc) is 2.76. The predicted molar refractivity (Wildman–Crippen MR) is 84.5 cm³/mol. The van der Waals surface area contributed by atoms with Crippen LogP contribution in [0, 0.1) is 5.92 Å². The first-order valence-electron chi connectivity index (χ1n) is 6.91. The number of hydrogen-bond acceptors (Lipinski definition) is 4. The van der Waals surface area contributed by atoms with Crippen LogP contribution in [0.2, 0.25) is 0 Å². The van der Waals surface area contributed by atoms with Crippen molar-refractivity contribution in [1.29, 1.82) is 0 Å². The summed E-state index contributed by atoms with van der Waals surface area (Å²) in [5.41, 5.74) is 0.832. The van der Waals surface area contributed by atoms with Gasteiger partial charge in [-0.05, 0) is 31.6 Å². The summed E-state index contributed by atoms with van der Waals surface area (Å²) in [6.45, 7) is 8.85. The highest BCUT2D eigenvalue weighted by molar-refractivity contribution is 7.99. The highest BCUT2D eigenvalue weighted by Gasteiger charge is 2.09. The normalized spacial score (nSPS) is 13.1. The molecule has 112 valence electrons. The van der Waals surface area contributed by atoms with Crippen molar-refractivity contribution in [3.05, 3.63) is 18.0 Å². The largest absolute Gasteiger partial charge is 0.351 e. The van der Waals surface area contributed by atoms with Gasteiger partial charge in [-0.2, -0.15) is 11.8 Å². The number of nitrogens with one attached hydrogen (secondary N) is 1. The van der Waals surface area contributed by atoms with Crippen LogP contribution in [-0.4, -0.2) is 38.4 Å². The maximum absolute atomic E-state index is 11.7. The van der Waals surface area contributed by atoms with E-state index in [4.69, 9.17) is 0 Å². The number of aromatic nitrogens is 3. The van der Waals surface area contributed by atoms with Crippen molar-refractivity contribution in [3.8, 4) is 0 Å². The third kappa shape index (κ3) is 6.75. The van der Waals surface area contributed by atoms with Gasteiger partial charge in [0.05, 0.1) is 18.5 Å². The van der Waals surface area contributed by atoms with Gasteiger partial charge in [-0.15, -0.1) is 5.10 Å². The lowest BCUT2D eigenvalue weighted by atomic mass is 10.3. The number of carbonyl (C=O) groups excluding carboxylic acids is 1. The molecular weight excluding hydrogens is 272 g/mol. The zero-order valence-electron chi connectivity index (χ0n) is 12.7. The van der Waals surface area contributed by atoms with E-state index in [0.717, 1.165) is 11.4 Å². The van der Waals surface area contributed by atoms with Gasteiger partial charge in [0.1, 0.15) is 5.69 Å². The van der Waals surface area contributed by atoms with Crippen molar-refractivity contribution >= 4 is 23.7 Å². The summed E-state index contributed by atoms with van der Waals surface area (Å²) in [6.07, 6.45) is 5.69. The lowest BCUT2D eigenvalue weighted by Gasteiger charge is -2.13. The molecule has 6 heteroatoms. The van der Waals surface area contributed by atoms with Crippen LogP contribution >= 0.6 is 11.8 Å². The topological polar surface area (TPSA) is 59.8 Å². The maximum Gasteiger partial charge on any atom is 0.230 e. The highest BCUT2D eigenvalue weighted by atomic mass is 32.2. The monoisotopic (exact) mass is 296 g/mol. The molecule has 5 nitrogen and oxygen atoms in total. The number of nitrogens with zero attached hydrogens (tertiary/aromatic N) is 3. The first-order chi connectivity index (χ1) is 9.51. The SMILES string of the molecule is C/C=C/c1cn(C[C@@H](C)NC(=O)CSCC(C)C)nn1.